The van der Waals surface area contributed by atoms with Crippen LogP contribution in [0.2, 0.25) is 0 Å². The minimum Gasteiger partial charge on any atom is -0.362 e. The van der Waals surface area contributed by atoms with Gasteiger partial charge in [-0.1, -0.05) is 0 Å². The summed E-state index contributed by atoms with van der Waals surface area (Å²) in [6, 6.07) is 2.20. The molecule has 1 saturated carbocycles. The van der Waals surface area contributed by atoms with E-state index in [1.807, 2.05) is 6.92 Å². The molecule has 1 unspecified atom stereocenters. The van der Waals surface area contributed by atoms with Gasteiger partial charge in [0.15, 0.2) is 5.69 Å². The van der Waals surface area contributed by atoms with Crippen molar-refractivity contribution in [3.8, 4) is 0 Å². The first-order valence-corrected chi connectivity index (χ1v) is 5.74. The lowest BCUT2D eigenvalue weighted by Gasteiger charge is -2.29. The Labute approximate surface area is 103 Å². The number of nitrogens with zero attached hydrogens (tertiary/aromatic N) is 2. The molecule has 4 nitrogen and oxygen atoms in total. The molecule has 1 atom stereocenters. The second-order valence-corrected chi connectivity index (χ2v) is 4.82. The van der Waals surface area contributed by atoms with Gasteiger partial charge >= 0.3 is 6.18 Å². The van der Waals surface area contributed by atoms with E-state index in [0.717, 1.165) is 18.9 Å². The fraction of sp³-hybridized carbons (Fsp3) is 0.636. The molecule has 0 radical (unpaired) electrons. The Bertz CT molecular complexity index is 413. The van der Waals surface area contributed by atoms with Crippen LogP contribution in [0.1, 0.15) is 25.5 Å². The summed E-state index contributed by atoms with van der Waals surface area (Å²) in [5, 5.41) is 9.80. The molecule has 0 spiro atoms. The number of nitrogens with two attached hydrogens (primary N) is 1. The first kappa shape index (κ1) is 13.1. The fourth-order valence-electron chi connectivity index (χ4n) is 1.88. The molecular formula is C11H15F3N4. The minimum absolute atomic E-state index is 0.322. The number of halogens is 3. The highest BCUT2D eigenvalue weighted by Gasteiger charge is 2.41. The van der Waals surface area contributed by atoms with Crippen LogP contribution in [-0.2, 0) is 6.18 Å². The Hall–Kier alpha value is -1.37. The predicted molar refractivity (Wildman–Crippen MR) is 60.8 cm³/mol. The summed E-state index contributed by atoms with van der Waals surface area (Å²) in [4.78, 5) is 0. The molecule has 1 aromatic heterocycles. The van der Waals surface area contributed by atoms with E-state index in [0.29, 0.717) is 18.3 Å². The topological polar surface area (TPSA) is 63.8 Å². The molecule has 7 heteroatoms. The summed E-state index contributed by atoms with van der Waals surface area (Å²) in [5.41, 5.74) is 4.39. The average Bonchev–Trinajstić information content (AvgIpc) is 3.12. The van der Waals surface area contributed by atoms with Gasteiger partial charge in [-0.25, -0.2) is 0 Å². The predicted octanol–water partition coefficient (Wildman–Crippen LogP) is 2.03. The molecule has 0 bridgehead atoms. The van der Waals surface area contributed by atoms with Gasteiger partial charge in [-0.05, 0) is 37.8 Å². The Kier molecular flexibility index (Phi) is 3.18. The van der Waals surface area contributed by atoms with Crippen molar-refractivity contribution < 1.29 is 13.2 Å². The second-order valence-electron chi connectivity index (χ2n) is 4.82. The summed E-state index contributed by atoms with van der Waals surface area (Å²) in [6.07, 6.45) is -2.30. The SMILES string of the molecule is CC(CN)(Nc1ccc(C(F)(F)F)nn1)C1CC1. The average molecular weight is 260 g/mol. The van der Waals surface area contributed by atoms with Crippen LogP contribution in [0.15, 0.2) is 12.1 Å². The van der Waals surface area contributed by atoms with Crippen LogP contribution in [0.5, 0.6) is 0 Å². The van der Waals surface area contributed by atoms with E-state index in [1.54, 1.807) is 0 Å². The van der Waals surface area contributed by atoms with Crippen LogP contribution in [0, 0.1) is 5.92 Å². The summed E-state index contributed by atoms with van der Waals surface area (Å²) < 4.78 is 37.0. The van der Waals surface area contributed by atoms with Gasteiger partial charge in [0.25, 0.3) is 0 Å². The molecule has 0 saturated heterocycles. The molecule has 3 N–H and O–H groups in total. The first-order valence-electron chi connectivity index (χ1n) is 5.74. The van der Waals surface area contributed by atoms with Crippen molar-refractivity contribution in [2.24, 2.45) is 11.7 Å². The third-order valence-corrected chi connectivity index (χ3v) is 3.27. The number of nitrogens with one attached hydrogen (secondary N) is 1. The zero-order chi connectivity index (χ0) is 13.4. The van der Waals surface area contributed by atoms with E-state index >= 15 is 0 Å². The second kappa shape index (κ2) is 4.38. The number of rotatable bonds is 4. The first-order chi connectivity index (χ1) is 8.35. The van der Waals surface area contributed by atoms with Crippen LogP contribution in [-0.4, -0.2) is 22.3 Å². The van der Waals surface area contributed by atoms with E-state index in [2.05, 4.69) is 15.5 Å². The van der Waals surface area contributed by atoms with Gasteiger partial charge in [0.2, 0.25) is 0 Å². The highest BCUT2D eigenvalue weighted by Crippen LogP contribution is 2.40. The van der Waals surface area contributed by atoms with Gasteiger partial charge in [-0.2, -0.15) is 13.2 Å². The quantitative estimate of drug-likeness (QED) is 0.869. The van der Waals surface area contributed by atoms with Crippen molar-refractivity contribution in [3.63, 3.8) is 0 Å². The molecule has 1 aliphatic rings. The van der Waals surface area contributed by atoms with E-state index in [9.17, 15) is 13.2 Å². The van der Waals surface area contributed by atoms with Gasteiger partial charge in [0, 0.05) is 6.54 Å². The number of hydrogen-bond donors (Lipinski definition) is 2. The van der Waals surface area contributed by atoms with E-state index in [-0.39, 0.29) is 5.54 Å². The van der Waals surface area contributed by atoms with Crippen LogP contribution < -0.4 is 11.1 Å². The maximum Gasteiger partial charge on any atom is 0.435 e. The molecule has 1 heterocycles. The molecule has 0 aromatic carbocycles. The molecule has 100 valence electrons. The van der Waals surface area contributed by atoms with Crippen molar-refractivity contribution in [2.45, 2.75) is 31.5 Å². The summed E-state index contributed by atoms with van der Waals surface area (Å²) in [7, 11) is 0. The van der Waals surface area contributed by atoms with Crippen LogP contribution in [0.3, 0.4) is 0 Å². The summed E-state index contributed by atoms with van der Waals surface area (Å²) >= 11 is 0. The van der Waals surface area contributed by atoms with Crippen molar-refractivity contribution >= 4 is 5.82 Å². The lowest BCUT2D eigenvalue weighted by molar-refractivity contribution is -0.141. The monoisotopic (exact) mass is 260 g/mol. The fourth-order valence-corrected chi connectivity index (χ4v) is 1.88. The van der Waals surface area contributed by atoms with Crippen molar-refractivity contribution in [1.82, 2.24) is 10.2 Å². The molecule has 2 rings (SSSR count). The number of hydrogen-bond acceptors (Lipinski definition) is 4. The standard InChI is InChI=1S/C11H15F3N4/c1-10(6-15,7-2-3-7)16-9-5-4-8(17-18-9)11(12,13)14/h4-5,7H,2-3,6,15H2,1H3,(H,16,18). The largest absolute Gasteiger partial charge is 0.435 e. The van der Waals surface area contributed by atoms with Gasteiger partial charge < -0.3 is 11.1 Å². The molecule has 18 heavy (non-hydrogen) atoms. The van der Waals surface area contributed by atoms with Crippen molar-refractivity contribution in [1.29, 1.82) is 0 Å². The third-order valence-electron chi connectivity index (χ3n) is 3.27. The van der Waals surface area contributed by atoms with E-state index in [4.69, 9.17) is 5.73 Å². The lowest BCUT2D eigenvalue weighted by atomic mass is 9.96. The molecule has 0 amide bonds. The molecule has 0 aliphatic heterocycles. The maximum absolute atomic E-state index is 12.3. The van der Waals surface area contributed by atoms with Crippen molar-refractivity contribution in [3.05, 3.63) is 17.8 Å². The smallest absolute Gasteiger partial charge is 0.362 e. The third kappa shape index (κ3) is 2.72. The van der Waals surface area contributed by atoms with Gasteiger partial charge in [0.05, 0.1) is 5.54 Å². The number of aromatic nitrogens is 2. The van der Waals surface area contributed by atoms with Gasteiger partial charge in [0.1, 0.15) is 5.82 Å². The van der Waals surface area contributed by atoms with Crippen LogP contribution in [0.4, 0.5) is 19.0 Å². The maximum atomic E-state index is 12.3. The van der Waals surface area contributed by atoms with Gasteiger partial charge in [-0.3, -0.25) is 0 Å². The van der Waals surface area contributed by atoms with Gasteiger partial charge in [-0.15, -0.1) is 10.2 Å². The van der Waals surface area contributed by atoms with E-state index < -0.39 is 11.9 Å². The Morgan fingerprint density at radius 3 is 2.39 bits per heavy atom. The summed E-state index contributed by atoms with van der Waals surface area (Å²) in [6.45, 7) is 2.35. The van der Waals surface area contributed by atoms with Crippen molar-refractivity contribution in [2.75, 3.05) is 11.9 Å². The minimum atomic E-state index is -4.46. The number of alkyl halides is 3. The zero-order valence-corrected chi connectivity index (χ0v) is 9.96. The molecule has 1 aliphatic carbocycles. The lowest BCUT2D eigenvalue weighted by Crippen LogP contribution is -2.45. The Morgan fingerprint density at radius 1 is 1.33 bits per heavy atom. The Balaban J connectivity index is 2.10. The van der Waals surface area contributed by atoms with Crippen LogP contribution in [0.25, 0.3) is 0 Å². The normalized spacial score (nSPS) is 19.4. The zero-order valence-electron chi connectivity index (χ0n) is 9.96. The summed E-state index contributed by atoms with van der Waals surface area (Å²) in [5.74, 6) is 0.773. The highest BCUT2D eigenvalue weighted by atomic mass is 19.4. The van der Waals surface area contributed by atoms with Crippen LogP contribution >= 0.6 is 0 Å². The molecular weight excluding hydrogens is 245 g/mol. The molecule has 1 aromatic rings. The Morgan fingerprint density at radius 2 is 2.00 bits per heavy atom. The molecule has 1 fully saturated rings. The number of anilines is 1. The van der Waals surface area contributed by atoms with E-state index in [1.165, 1.54) is 6.07 Å². The highest BCUT2D eigenvalue weighted by molar-refractivity contribution is 5.38.